The van der Waals surface area contributed by atoms with E-state index >= 15 is 0 Å². The summed E-state index contributed by atoms with van der Waals surface area (Å²) in [6.07, 6.45) is -1.13. The summed E-state index contributed by atoms with van der Waals surface area (Å²) in [4.78, 5) is 12.5. The van der Waals surface area contributed by atoms with Crippen molar-refractivity contribution in [3.05, 3.63) is 113 Å². The van der Waals surface area contributed by atoms with Crippen molar-refractivity contribution < 1.29 is 36.9 Å². The lowest BCUT2D eigenvalue weighted by Gasteiger charge is -2.11. The van der Waals surface area contributed by atoms with Gasteiger partial charge in [0.1, 0.15) is 6.10 Å². The van der Waals surface area contributed by atoms with E-state index in [0.717, 1.165) is 6.07 Å². The molecule has 0 spiro atoms. The molecule has 0 aromatic heterocycles. The van der Waals surface area contributed by atoms with Crippen LogP contribution in [0.1, 0.15) is 40.6 Å². The van der Waals surface area contributed by atoms with Crippen molar-refractivity contribution in [2.45, 2.75) is 19.1 Å². The van der Waals surface area contributed by atoms with E-state index in [0.29, 0.717) is 23.3 Å². The number of rotatable bonds is 6. The minimum atomic E-state index is -1.33. The van der Waals surface area contributed by atoms with Crippen LogP contribution in [0.3, 0.4) is 0 Å². The van der Waals surface area contributed by atoms with Crippen molar-refractivity contribution in [3.8, 4) is 28.0 Å². The average molecular weight is 508 g/mol. The van der Waals surface area contributed by atoms with E-state index in [1.54, 1.807) is 31.2 Å². The zero-order valence-corrected chi connectivity index (χ0v) is 19.5. The summed E-state index contributed by atoms with van der Waals surface area (Å²) in [7, 11) is 0. The van der Waals surface area contributed by atoms with Crippen LogP contribution >= 0.6 is 0 Å². The monoisotopic (exact) mass is 508 g/mol. The van der Waals surface area contributed by atoms with Crippen LogP contribution < -0.4 is 4.74 Å². The Hall–Kier alpha value is -4.01. The number of carbonyl (C=O) groups excluding carboxylic acids is 1. The van der Waals surface area contributed by atoms with Gasteiger partial charge in [-0.05, 0) is 47.9 Å². The predicted octanol–water partition coefficient (Wildman–Crippen LogP) is 6.92. The van der Waals surface area contributed by atoms with Crippen LogP contribution in [-0.4, -0.2) is 17.7 Å². The second kappa shape index (κ2) is 9.80. The van der Waals surface area contributed by atoms with E-state index in [1.165, 1.54) is 42.5 Å². The maximum Gasteiger partial charge on any atom is 0.343 e. The topological polar surface area (TPSA) is 59.1 Å². The lowest BCUT2D eigenvalue weighted by atomic mass is 10.0. The van der Waals surface area contributed by atoms with E-state index in [-0.39, 0.29) is 22.3 Å². The number of hydrogen-bond donors (Lipinski definition) is 1. The van der Waals surface area contributed by atoms with Crippen LogP contribution in [0.4, 0.5) is 17.6 Å². The third-order valence-corrected chi connectivity index (χ3v) is 6.18. The summed E-state index contributed by atoms with van der Waals surface area (Å²) in [6.45, 7) is 1.93. The van der Waals surface area contributed by atoms with Crippen molar-refractivity contribution in [1.29, 1.82) is 0 Å². The maximum absolute atomic E-state index is 14.8. The van der Waals surface area contributed by atoms with E-state index in [4.69, 9.17) is 9.47 Å². The predicted molar refractivity (Wildman–Crippen MR) is 128 cm³/mol. The summed E-state index contributed by atoms with van der Waals surface area (Å²) in [6, 6.07) is 17.1. The molecule has 0 amide bonds. The van der Waals surface area contributed by atoms with Gasteiger partial charge in [0.25, 0.3) is 0 Å². The number of halogens is 4. The van der Waals surface area contributed by atoms with Gasteiger partial charge < -0.3 is 14.6 Å². The summed E-state index contributed by atoms with van der Waals surface area (Å²) in [5.74, 6) is -6.08. The Morgan fingerprint density at radius 2 is 1.35 bits per heavy atom. The van der Waals surface area contributed by atoms with Gasteiger partial charge in [0, 0.05) is 16.7 Å². The first-order valence-electron chi connectivity index (χ1n) is 11.4. The molecule has 1 heterocycles. The maximum atomic E-state index is 14.8. The molecular weight excluding hydrogens is 488 g/mol. The number of carbonyl (C=O) groups is 1. The van der Waals surface area contributed by atoms with E-state index in [9.17, 15) is 27.5 Å². The molecular formula is C29H20F4O4. The fourth-order valence-corrected chi connectivity index (χ4v) is 3.98. The normalized spacial score (nSPS) is 15.4. The Labute approximate surface area is 209 Å². The molecule has 4 nitrogen and oxygen atoms in total. The molecule has 188 valence electrons. The molecule has 0 saturated carbocycles. The average Bonchev–Trinajstić information content (AvgIpc) is 3.74. The van der Waals surface area contributed by atoms with Crippen molar-refractivity contribution in [1.82, 2.24) is 0 Å². The van der Waals surface area contributed by atoms with E-state index in [2.05, 4.69) is 0 Å². The lowest BCUT2D eigenvalue weighted by molar-refractivity contribution is 0.0726. The Balaban J connectivity index is 1.33. The van der Waals surface area contributed by atoms with Crippen LogP contribution in [0.5, 0.6) is 5.75 Å². The number of benzene rings is 4. The number of aliphatic hydroxyl groups excluding tert-OH is 1. The minimum Gasteiger partial charge on any atom is -0.420 e. The number of epoxide rings is 1. The largest absolute Gasteiger partial charge is 0.420 e. The highest BCUT2D eigenvalue weighted by molar-refractivity contribution is 5.91. The van der Waals surface area contributed by atoms with Gasteiger partial charge in [-0.3, -0.25) is 0 Å². The Morgan fingerprint density at radius 3 is 1.92 bits per heavy atom. The van der Waals surface area contributed by atoms with Crippen LogP contribution in [0.2, 0.25) is 0 Å². The quantitative estimate of drug-likeness (QED) is 0.133. The van der Waals surface area contributed by atoms with Crippen molar-refractivity contribution in [3.63, 3.8) is 0 Å². The first-order valence-corrected chi connectivity index (χ1v) is 11.4. The van der Waals surface area contributed by atoms with Crippen LogP contribution in [-0.2, 0) is 4.74 Å². The number of ether oxygens (including phenoxy) is 2. The second-order valence-electron chi connectivity index (χ2n) is 8.66. The lowest BCUT2D eigenvalue weighted by Crippen LogP contribution is -2.10. The van der Waals surface area contributed by atoms with Gasteiger partial charge in [0.05, 0.1) is 18.3 Å². The van der Waals surface area contributed by atoms with Crippen LogP contribution in [0.25, 0.3) is 22.3 Å². The molecule has 2 unspecified atom stereocenters. The highest BCUT2D eigenvalue weighted by atomic mass is 19.2. The molecule has 8 heteroatoms. The van der Waals surface area contributed by atoms with Crippen molar-refractivity contribution >= 4 is 5.97 Å². The Bertz CT molecular complexity index is 1480. The molecule has 0 bridgehead atoms. The Morgan fingerprint density at radius 1 is 0.811 bits per heavy atom. The molecule has 5 rings (SSSR count). The standard InChI is InChI=1S/C29H20F4O4/c1-15(34)16-2-4-17(5-3-16)21-12-13-23(28(33)26(21)31)37-29(35)19-8-6-18(7-9-19)20-10-11-22(24-14-36-24)27(32)25(20)30/h2-13,15,24,34H,14H2,1H3. The van der Waals surface area contributed by atoms with Gasteiger partial charge >= 0.3 is 5.97 Å². The number of aliphatic hydroxyl groups is 1. The molecule has 1 N–H and O–H groups in total. The first-order chi connectivity index (χ1) is 17.7. The molecule has 1 saturated heterocycles. The van der Waals surface area contributed by atoms with Crippen molar-refractivity contribution in [2.24, 2.45) is 0 Å². The van der Waals surface area contributed by atoms with Crippen LogP contribution in [0.15, 0.2) is 72.8 Å². The fraction of sp³-hybridized carbons (Fsp3) is 0.138. The van der Waals surface area contributed by atoms with Crippen molar-refractivity contribution in [2.75, 3.05) is 6.61 Å². The smallest absolute Gasteiger partial charge is 0.343 e. The van der Waals surface area contributed by atoms with Gasteiger partial charge in [-0.1, -0.05) is 48.5 Å². The zero-order valence-electron chi connectivity index (χ0n) is 19.5. The zero-order chi connectivity index (χ0) is 26.3. The highest BCUT2D eigenvalue weighted by Gasteiger charge is 2.30. The summed E-state index contributed by atoms with van der Waals surface area (Å²) < 4.78 is 68.4. The SMILES string of the molecule is CC(O)c1ccc(-c2ccc(OC(=O)c3ccc(-c4ccc(C5CO5)c(F)c4F)cc3)c(F)c2F)cc1. The van der Waals surface area contributed by atoms with Gasteiger partial charge in [0.2, 0.25) is 5.82 Å². The number of hydrogen-bond acceptors (Lipinski definition) is 4. The molecule has 4 aromatic rings. The van der Waals surface area contributed by atoms with E-state index in [1.807, 2.05) is 0 Å². The minimum absolute atomic E-state index is 0.00484. The molecule has 4 aromatic carbocycles. The Kier molecular flexibility index (Phi) is 6.54. The van der Waals surface area contributed by atoms with Gasteiger partial charge in [0.15, 0.2) is 23.2 Å². The van der Waals surface area contributed by atoms with Gasteiger partial charge in [-0.2, -0.15) is 4.39 Å². The molecule has 1 fully saturated rings. The molecule has 1 aliphatic rings. The third kappa shape index (κ3) is 4.85. The van der Waals surface area contributed by atoms with Crippen LogP contribution in [0, 0.1) is 23.3 Å². The van der Waals surface area contributed by atoms with Gasteiger partial charge in [-0.25, -0.2) is 18.0 Å². The van der Waals surface area contributed by atoms with E-state index < -0.39 is 47.2 Å². The van der Waals surface area contributed by atoms with Gasteiger partial charge in [-0.15, -0.1) is 0 Å². The molecule has 0 radical (unpaired) electrons. The molecule has 37 heavy (non-hydrogen) atoms. The summed E-state index contributed by atoms with van der Waals surface area (Å²) in [5.41, 5.74) is 1.46. The second-order valence-corrected chi connectivity index (χ2v) is 8.66. The first kappa shape index (κ1) is 24.7. The molecule has 0 aliphatic carbocycles. The molecule has 2 atom stereocenters. The fourth-order valence-electron chi connectivity index (χ4n) is 3.98. The number of esters is 1. The summed E-state index contributed by atoms with van der Waals surface area (Å²) >= 11 is 0. The third-order valence-electron chi connectivity index (χ3n) is 6.18. The summed E-state index contributed by atoms with van der Waals surface area (Å²) in [5, 5.41) is 9.61. The molecule has 1 aliphatic heterocycles. The highest BCUT2D eigenvalue weighted by Crippen LogP contribution is 2.36.